The van der Waals surface area contributed by atoms with Crippen molar-refractivity contribution in [3.05, 3.63) is 265 Å². The zero-order valence-electron chi connectivity index (χ0n) is 43.8. The van der Waals surface area contributed by atoms with Crippen LogP contribution < -0.4 is 19.3 Å². The Morgan fingerprint density at radius 3 is 1.18 bits per heavy atom. The zero-order chi connectivity index (χ0) is 52.0. The molecular formula is C74H52N2O2. The van der Waals surface area contributed by atoms with Crippen molar-refractivity contribution >= 4 is 55.7 Å². The second-order valence-electron chi connectivity index (χ2n) is 22.4. The van der Waals surface area contributed by atoms with Crippen molar-refractivity contribution in [2.24, 2.45) is 0 Å². The second kappa shape index (κ2) is 16.4. The lowest BCUT2D eigenvalue weighted by Crippen LogP contribution is -2.16. The average Bonchev–Trinajstić information content (AvgIpc) is 3.97. The van der Waals surface area contributed by atoms with Crippen molar-refractivity contribution in [1.82, 2.24) is 0 Å². The van der Waals surface area contributed by atoms with Crippen LogP contribution in [0.25, 0.3) is 77.2 Å². The van der Waals surface area contributed by atoms with Gasteiger partial charge in [-0.2, -0.15) is 0 Å². The Balaban J connectivity index is 0.968. The van der Waals surface area contributed by atoms with Gasteiger partial charge in [0, 0.05) is 22.2 Å². The van der Waals surface area contributed by atoms with Gasteiger partial charge in [-0.25, -0.2) is 0 Å². The Morgan fingerprint density at radius 1 is 0.269 bits per heavy atom. The van der Waals surface area contributed by atoms with Crippen LogP contribution in [0, 0.1) is 0 Å². The maximum absolute atomic E-state index is 6.57. The third kappa shape index (κ3) is 6.41. The molecule has 0 unspecified atom stereocenters. The molecule has 0 bridgehead atoms. The van der Waals surface area contributed by atoms with Crippen molar-refractivity contribution in [3.8, 4) is 78.6 Å². The van der Waals surface area contributed by atoms with Gasteiger partial charge in [-0.15, -0.1) is 0 Å². The first-order valence-corrected chi connectivity index (χ1v) is 27.1. The van der Waals surface area contributed by atoms with Gasteiger partial charge >= 0.3 is 0 Å². The van der Waals surface area contributed by atoms with Gasteiger partial charge in [0.1, 0.15) is 0 Å². The highest BCUT2D eigenvalue weighted by molar-refractivity contribution is 6.23. The number of hydrogen-bond donors (Lipinski definition) is 0. The van der Waals surface area contributed by atoms with E-state index in [4.69, 9.17) is 9.47 Å². The molecule has 16 rings (SSSR count). The van der Waals surface area contributed by atoms with Gasteiger partial charge in [-0.3, -0.25) is 0 Å². The van der Waals surface area contributed by atoms with Crippen molar-refractivity contribution in [2.75, 3.05) is 9.80 Å². The monoisotopic (exact) mass is 1000 g/mol. The molecule has 78 heavy (non-hydrogen) atoms. The summed E-state index contributed by atoms with van der Waals surface area (Å²) in [5.74, 6) is 3.30. The fourth-order valence-electron chi connectivity index (χ4n) is 13.7. The number of para-hydroxylation sites is 8. The fraction of sp³-hybridized carbons (Fsp3) is 0.0811. The molecule has 4 aliphatic rings. The Labute approximate surface area is 454 Å². The van der Waals surface area contributed by atoms with E-state index in [1.165, 1.54) is 93.9 Å². The van der Waals surface area contributed by atoms with Gasteiger partial charge in [0.2, 0.25) is 0 Å². The molecule has 0 atom stereocenters. The summed E-state index contributed by atoms with van der Waals surface area (Å²) in [4.78, 5) is 4.73. The molecule has 2 heterocycles. The van der Waals surface area contributed by atoms with E-state index >= 15 is 0 Å². The van der Waals surface area contributed by atoms with Crippen LogP contribution in [0.4, 0.5) is 34.1 Å². The van der Waals surface area contributed by atoms with E-state index in [-0.39, 0.29) is 10.8 Å². The minimum Gasteiger partial charge on any atom is -0.453 e. The zero-order valence-corrected chi connectivity index (χ0v) is 43.8. The van der Waals surface area contributed by atoms with E-state index in [9.17, 15) is 0 Å². The van der Waals surface area contributed by atoms with Crippen LogP contribution >= 0.6 is 0 Å². The highest BCUT2D eigenvalue weighted by Gasteiger charge is 2.37. The highest BCUT2D eigenvalue weighted by Crippen LogP contribution is 2.57. The molecular weight excluding hydrogens is 949 g/mol. The standard InChI is InChI=1S/C74H52N2O2/c1-73(2)60-20-8-6-18-52(60)56-41-47(34-40-61(56)73)45-29-31-46(32-30-45)71-54-38-35-50(76-65-23-11-15-27-69(65)78-70-28-16-12-24-66(70)76)44-58(54)72(48-33-37-53-51-17-5-7-19-59(51)74(3,4)62(53)42-48)55-39-36-49(43-57(55)71)75-63-21-9-13-25-67(63)77-68-26-14-10-22-64(68)75/h5-44H,1-4H3. The van der Waals surface area contributed by atoms with Gasteiger partial charge in [0.25, 0.3) is 0 Å². The number of anilines is 6. The van der Waals surface area contributed by atoms with E-state index in [2.05, 4.69) is 256 Å². The molecule has 2 aliphatic heterocycles. The first-order chi connectivity index (χ1) is 38.2. The van der Waals surface area contributed by atoms with Crippen molar-refractivity contribution in [3.63, 3.8) is 0 Å². The topological polar surface area (TPSA) is 24.9 Å². The van der Waals surface area contributed by atoms with Gasteiger partial charge in [0.15, 0.2) is 23.0 Å². The van der Waals surface area contributed by atoms with Crippen LogP contribution in [-0.4, -0.2) is 0 Å². The Kier molecular flexibility index (Phi) is 9.40. The number of ether oxygens (including phenoxy) is 2. The smallest absolute Gasteiger partial charge is 0.151 e. The predicted molar refractivity (Wildman–Crippen MR) is 322 cm³/mol. The number of rotatable bonds is 5. The molecule has 2 aliphatic carbocycles. The molecule has 0 amide bonds. The van der Waals surface area contributed by atoms with Gasteiger partial charge in [-0.05, 0) is 184 Å². The first kappa shape index (κ1) is 44.6. The Morgan fingerprint density at radius 2 is 0.654 bits per heavy atom. The molecule has 0 N–H and O–H groups in total. The SMILES string of the molecule is CC1(C)c2ccccc2-c2cc(-c3ccc(-c4c5ccc(N6c7ccccc7Oc7ccccc76)cc5c(-c5ccc6c(c5)C(C)(C)c5ccccc5-6)c5ccc(N6c7ccccc7Oc7ccccc76)cc45)cc3)ccc21. The number of nitrogens with zero attached hydrogens (tertiary/aromatic N) is 2. The third-order valence-corrected chi connectivity index (χ3v) is 17.4. The molecule has 0 aromatic heterocycles. The first-order valence-electron chi connectivity index (χ1n) is 27.1. The summed E-state index contributed by atoms with van der Waals surface area (Å²) < 4.78 is 13.1. The number of hydrogen-bond acceptors (Lipinski definition) is 4. The van der Waals surface area contributed by atoms with Crippen molar-refractivity contribution in [1.29, 1.82) is 0 Å². The summed E-state index contributed by atoms with van der Waals surface area (Å²) in [6.45, 7) is 9.45. The van der Waals surface area contributed by atoms with Gasteiger partial charge in [-0.1, -0.05) is 185 Å². The molecule has 0 fully saturated rings. The van der Waals surface area contributed by atoms with E-state index in [0.717, 1.165) is 62.7 Å². The van der Waals surface area contributed by atoms with E-state index in [0.29, 0.717) is 0 Å². The van der Waals surface area contributed by atoms with Crippen LogP contribution in [-0.2, 0) is 10.8 Å². The summed E-state index contributed by atoms with van der Waals surface area (Å²) in [6, 6.07) is 89.2. The molecule has 4 nitrogen and oxygen atoms in total. The van der Waals surface area contributed by atoms with E-state index < -0.39 is 0 Å². The normalized spacial score (nSPS) is 14.5. The van der Waals surface area contributed by atoms with Crippen molar-refractivity contribution < 1.29 is 9.47 Å². The molecule has 12 aromatic rings. The van der Waals surface area contributed by atoms with Gasteiger partial charge < -0.3 is 19.3 Å². The molecule has 0 saturated heterocycles. The molecule has 0 saturated carbocycles. The van der Waals surface area contributed by atoms with Crippen LogP contribution in [0.3, 0.4) is 0 Å². The van der Waals surface area contributed by atoms with E-state index in [1.807, 2.05) is 24.3 Å². The minimum absolute atomic E-state index is 0.0533. The summed E-state index contributed by atoms with van der Waals surface area (Å²) >= 11 is 0. The summed E-state index contributed by atoms with van der Waals surface area (Å²) in [6.07, 6.45) is 0. The third-order valence-electron chi connectivity index (χ3n) is 17.4. The molecule has 370 valence electrons. The number of fused-ring (bicyclic) bond motifs is 12. The largest absolute Gasteiger partial charge is 0.453 e. The Hall–Kier alpha value is -9.64. The van der Waals surface area contributed by atoms with Crippen LogP contribution in [0.1, 0.15) is 49.9 Å². The quantitative estimate of drug-likeness (QED) is 0.160. The van der Waals surface area contributed by atoms with Crippen molar-refractivity contribution in [2.45, 2.75) is 38.5 Å². The van der Waals surface area contributed by atoms with Crippen LogP contribution in [0.15, 0.2) is 243 Å². The lowest BCUT2D eigenvalue weighted by Gasteiger charge is -2.33. The lowest BCUT2D eigenvalue weighted by atomic mass is 9.80. The lowest BCUT2D eigenvalue weighted by molar-refractivity contribution is 0.477. The Bertz CT molecular complexity index is 4440. The predicted octanol–water partition coefficient (Wildman–Crippen LogP) is 20.8. The second-order valence-corrected chi connectivity index (χ2v) is 22.4. The molecule has 0 radical (unpaired) electrons. The fourth-order valence-corrected chi connectivity index (χ4v) is 13.7. The average molecular weight is 1000 g/mol. The van der Waals surface area contributed by atoms with E-state index in [1.54, 1.807) is 0 Å². The molecule has 0 spiro atoms. The highest BCUT2D eigenvalue weighted by atomic mass is 16.5. The van der Waals surface area contributed by atoms with Gasteiger partial charge in [0.05, 0.1) is 22.7 Å². The van der Waals surface area contributed by atoms with Crippen LogP contribution in [0.2, 0.25) is 0 Å². The summed E-state index contributed by atoms with van der Waals surface area (Å²) in [5.41, 5.74) is 23.7. The summed E-state index contributed by atoms with van der Waals surface area (Å²) in [5, 5.41) is 4.68. The minimum atomic E-state index is -0.190. The number of benzene rings is 12. The molecule has 12 aromatic carbocycles. The maximum Gasteiger partial charge on any atom is 0.151 e. The maximum atomic E-state index is 6.57. The van der Waals surface area contributed by atoms with Crippen LogP contribution in [0.5, 0.6) is 23.0 Å². The summed E-state index contributed by atoms with van der Waals surface area (Å²) in [7, 11) is 0. The molecule has 4 heteroatoms.